The molecule has 1 aliphatic rings. The lowest BCUT2D eigenvalue weighted by molar-refractivity contribution is 0.0511. The number of carbonyl (C=O) groups excluding carboxylic acids is 1. The summed E-state index contributed by atoms with van der Waals surface area (Å²) in [6, 6.07) is 7.89. The maximum Gasteiger partial charge on any atom is 0.254 e. The summed E-state index contributed by atoms with van der Waals surface area (Å²) in [5, 5.41) is 0. The van der Waals surface area contributed by atoms with E-state index in [4.69, 9.17) is 5.73 Å². The number of hydrogen-bond acceptors (Lipinski definition) is 2. The minimum Gasteiger partial charge on any atom is -0.399 e. The van der Waals surface area contributed by atoms with Gasteiger partial charge in [-0.1, -0.05) is 6.07 Å². The van der Waals surface area contributed by atoms with Gasteiger partial charge < -0.3 is 10.6 Å². The predicted octanol–water partition coefficient (Wildman–Crippen LogP) is 2.67. The van der Waals surface area contributed by atoms with E-state index in [0.717, 1.165) is 12.8 Å². The second kappa shape index (κ2) is 4.78. The summed E-state index contributed by atoms with van der Waals surface area (Å²) in [6.07, 6.45) is 3.40. The lowest BCUT2D eigenvalue weighted by Gasteiger charge is -2.39. The summed E-state index contributed by atoms with van der Waals surface area (Å²) in [5.74, 6) is 0.108. The molecule has 1 aromatic carbocycles. The monoisotopic (exact) mass is 232 g/mol. The van der Waals surface area contributed by atoms with Crippen molar-refractivity contribution in [3.8, 4) is 0 Å². The second-order valence-corrected chi connectivity index (χ2v) is 4.97. The molecule has 1 aliphatic heterocycles. The van der Waals surface area contributed by atoms with Gasteiger partial charge in [0, 0.05) is 23.3 Å². The Kier molecular flexibility index (Phi) is 3.36. The molecule has 2 N–H and O–H groups in total. The van der Waals surface area contributed by atoms with E-state index in [9.17, 15) is 4.79 Å². The molecule has 0 aromatic heterocycles. The highest BCUT2D eigenvalue weighted by molar-refractivity contribution is 5.95. The highest BCUT2D eigenvalue weighted by atomic mass is 16.2. The van der Waals surface area contributed by atoms with Crippen LogP contribution in [-0.2, 0) is 0 Å². The molecule has 0 unspecified atom stereocenters. The third kappa shape index (κ3) is 2.43. The van der Waals surface area contributed by atoms with Crippen LogP contribution in [0.4, 0.5) is 5.69 Å². The molecule has 1 amide bonds. The van der Waals surface area contributed by atoms with Gasteiger partial charge in [-0.05, 0) is 51.3 Å². The minimum absolute atomic E-state index is 0.108. The number of nitrogen functional groups attached to an aromatic ring is 1. The Morgan fingerprint density at radius 1 is 1.29 bits per heavy atom. The van der Waals surface area contributed by atoms with E-state index in [1.807, 2.05) is 17.0 Å². The Bertz CT molecular complexity index is 406. The topological polar surface area (TPSA) is 46.3 Å². The number of nitrogens with zero attached hydrogens (tertiary/aromatic N) is 1. The van der Waals surface area contributed by atoms with Gasteiger partial charge >= 0.3 is 0 Å². The van der Waals surface area contributed by atoms with Crippen LogP contribution in [0.5, 0.6) is 0 Å². The van der Waals surface area contributed by atoms with Gasteiger partial charge in [-0.15, -0.1) is 0 Å². The number of nitrogens with two attached hydrogens (primary N) is 1. The van der Waals surface area contributed by atoms with Crippen LogP contribution in [0.3, 0.4) is 0 Å². The van der Waals surface area contributed by atoms with Crippen LogP contribution in [0.25, 0.3) is 0 Å². The third-order valence-corrected chi connectivity index (χ3v) is 3.56. The van der Waals surface area contributed by atoms with E-state index in [0.29, 0.717) is 23.3 Å². The summed E-state index contributed by atoms with van der Waals surface area (Å²) in [5.41, 5.74) is 7.07. The summed E-state index contributed by atoms with van der Waals surface area (Å²) in [7, 11) is 0. The molecule has 2 rings (SSSR count). The van der Waals surface area contributed by atoms with Gasteiger partial charge in [-0.2, -0.15) is 0 Å². The van der Waals surface area contributed by atoms with E-state index >= 15 is 0 Å². The fourth-order valence-electron chi connectivity index (χ4n) is 2.64. The Hall–Kier alpha value is -1.51. The maximum absolute atomic E-state index is 12.4. The van der Waals surface area contributed by atoms with Crippen LogP contribution in [-0.4, -0.2) is 22.9 Å². The van der Waals surface area contributed by atoms with E-state index in [2.05, 4.69) is 13.8 Å². The number of rotatable bonds is 1. The zero-order valence-corrected chi connectivity index (χ0v) is 10.5. The Morgan fingerprint density at radius 2 is 1.94 bits per heavy atom. The van der Waals surface area contributed by atoms with Crippen LogP contribution in [0, 0.1) is 0 Å². The van der Waals surface area contributed by atoms with Crippen LogP contribution in [0.1, 0.15) is 43.5 Å². The smallest absolute Gasteiger partial charge is 0.254 e. The number of carbonyl (C=O) groups is 1. The average molecular weight is 232 g/mol. The van der Waals surface area contributed by atoms with E-state index in [1.165, 1.54) is 6.42 Å². The first-order valence-corrected chi connectivity index (χ1v) is 6.28. The largest absolute Gasteiger partial charge is 0.399 e. The number of likely N-dealkylation sites (tertiary alicyclic amines) is 1. The van der Waals surface area contributed by atoms with Crippen molar-refractivity contribution in [2.45, 2.75) is 45.2 Å². The lowest BCUT2D eigenvalue weighted by Crippen LogP contribution is -2.47. The molecule has 1 fully saturated rings. The molecule has 0 radical (unpaired) electrons. The summed E-state index contributed by atoms with van der Waals surface area (Å²) >= 11 is 0. The Labute approximate surface area is 103 Å². The first-order chi connectivity index (χ1) is 8.09. The van der Waals surface area contributed by atoms with Crippen LogP contribution in [0.15, 0.2) is 24.3 Å². The van der Waals surface area contributed by atoms with Crippen molar-refractivity contribution in [1.29, 1.82) is 0 Å². The molecular weight excluding hydrogens is 212 g/mol. The summed E-state index contributed by atoms with van der Waals surface area (Å²) < 4.78 is 0. The first kappa shape index (κ1) is 12.0. The van der Waals surface area contributed by atoms with Crippen LogP contribution in [0.2, 0.25) is 0 Å². The van der Waals surface area contributed by atoms with Crippen molar-refractivity contribution in [2.75, 3.05) is 5.73 Å². The standard InChI is InChI=1S/C14H20N2O/c1-10-5-3-6-11(2)16(10)14(17)12-7-4-8-13(15)9-12/h4,7-11H,3,5-6,15H2,1-2H3/t10-,11+. The summed E-state index contributed by atoms with van der Waals surface area (Å²) in [6.45, 7) is 4.25. The molecule has 2 atom stereocenters. The SMILES string of the molecule is C[C@@H]1CCC[C@H](C)N1C(=O)c1cccc(N)c1. The van der Waals surface area contributed by atoms with Crippen molar-refractivity contribution in [1.82, 2.24) is 4.90 Å². The van der Waals surface area contributed by atoms with Gasteiger partial charge in [0.25, 0.3) is 5.91 Å². The van der Waals surface area contributed by atoms with Crippen molar-refractivity contribution < 1.29 is 4.79 Å². The number of anilines is 1. The predicted molar refractivity (Wildman–Crippen MR) is 69.8 cm³/mol. The zero-order valence-electron chi connectivity index (χ0n) is 10.5. The third-order valence-electron chi connectivity index (χ3n) is 3.56. The van der Waals surface area contributed by atoms with Gasteiger partial charge in [0.1, 0.15) is 0 Å². The van der Waals surface area contributed by atoms with Crippen molar-refractivity contribution in [3.05, 3.63) is 29.8 Å². The number of benzene rings is 1. The fourth-order valence-corrected chi connectivity index (χ4v) is 2.64. The molecule has 1 heterocycles. The first-order valence-electron chi connectivity index (χ1n) is 6.28. The minimum atomic E-state index is 0.108. The zero-order chi connectivity index (χ0) is 12.4. The number of piperidine rings is 1. The van der Waals surface area contributed by atoms with Crippen LogP contribution >= 0.6 is 0 Å². The average Bonchev–Trinajstić information content (AvgIpc) is 2.28. The van der Waals surface area contributed by atoms with Gasteiger partial charge in [0.2, 0.25) is 0 Å². The van der Waals surface area contributed by atoms with Crippen LogP contribution < -0.4 is 5.73 Å². The van der Waals surface area contributed by atoms with E-state index in [-0.39, 0.29) is 5.91 Å². The Morgan fingerprint density at radius 3 is 2.53 bits per heavy atom. The molecule has 3 nitrogen and oxygen atoms in total. The summed E-state index contributed by atoms with van der Waals surface area (Å²) in [4.78, 5) is 14.4. The molecule has 92 valence electrons. The van der Waals surface area contributed by atoms with Gasteiger partial charge in [0.15, 0.2) is 0 Å². The van der Waals surface area contributed by atoms with Crippen molar-refractivity contribution in [2.24, 2.45) is 0 Å². The quantitative estimate of drug-likeness (QED) is 0.757. The Balaban J connectivity index is 2.24. The number of amides is 1. The molecule has 1 saturated heterocycles. The molecule has 0 aliphatic carbocycles. The molecule has 0 spiro atoms. The van der Waals surface area contributed by atoms with Gasteiger partial charge in [0.05, 0.1) is 0 Å². The van der Waals surface area contributed by atoms with Crippen molar-refractivity contribution in [3.63, 3.8) is 0 Å². The maximum atomic E-state index is 12.4. The molecule has 1 aromatic rings. The highest BCUT2D eigenvalue weighted by Gasteiger charge is 2.29. The highest BCUT2D eigenvalue weighted by Crippen LogP contribution is 2.24. The van der Waals surface area contributed by atoms with Crippen molar-refractivity contribution >= 4 is 11.6 Å². The van der Waals surface area contributed by atoms with Gasteiger partial charge in [-0.3, -0.25) is 4.79 Å². The normalized spacial score (nSPS) is 24.7. The fraction of sp³-hybridized carbons (Fsp3) is 0.500. The number of hydrogen-bond donors (Lipinski definition) is 1. The van der Waals surface area contributed by atoms with E-state index in [1.54, 1.807) is 12.1 Å². The second-order valence-electron chi connectivity index (χ2n) is 4.97. The lowest BCUT2D eigenvalue weighted by atomic mass is 9.96. The van der Waals surface area contributed by atoms with Gasteiger partial charge in [-0.25, -0.2) is 0 Å². The molecular formula is C14H20N2O. The van der Waals surface area contributed by atoms with E-state index < -0.39 is 0 Å². The molecule has 0 bridgehead atoms. The molecule has 17 heavy (non-hydrogen) atoms. The molecule has 3 heteroatoms. The molecule has 0 saturated carbocycles.